The summed E-state index contributed by atoms with van der Waals surface area (Å²) in [5.74, 6) is -1.44. The van der Waals surface area contributed by atoms with Crippen molar-refractivity contribution in [1.29, 1.82) is 0 Å². The van der Waals surface area contributed by atoms with Crippen molar-refractivity contribution in [2.75, 3.05) is 11.1 Å². The molecule has 6 heteroatoms. The van der Waals surface area contributed by atoms with E-state index >= 15 is 0 Å². The third kappa shape index (κ3) is 2.74. The topological polar surface area (TPSA) is 105 Å². The molecule has 1 amide bonds. The van der Waals surface area contributed by atoms with Crippen molar-refractivity contribution in [3.63, 3.8) is 0 Å². The zero-order valence-corrected chi connectivity index (χ0v) is 10.8. The van der Waals surface area contributed by atoms with Crippen molar-refractivity contribution >= 4 is 23.3 Å². The molecular weight excluding hydrogens is 258 g/mol. The molecule has 102 valence electrons. The molecule has 0 saturated carbocycles. The average molecular weight is 271 g/mol. The van der Waals surface area contributed by atoms with Gasteiger partial charge in [0.1, 0.15) is 5.69 Å². The van der Waals surface area contributed by atoms with E-state index in [1.54, 1.807) is 25.1 Å². The van der Waals surface area contributed by atoms with Gasteiger partial charge in [0.05, 0.1) is 11.9 Å². The largest absolute Gasteiger partial charge is 0.477 e. The SMILES string of the molecule is Cc1c(N)cccc1C(=O)Nc1ccc(C(=O)O)nc1. The molecule has 0 aliphatic rings. The maximum Gasteiger partial charge on any atom is 0.354 e. The fourth-order valence-corrected chi connectivity index (χ4v) is 1.69. The highest BCUT2D eigenvalue weighted by Crippen LogP contribution is 2.17. The van der Waals surface area contributed by atoms with Crippen molar-refractivity contribution in [1.82, 2.24) is 4.98 Å². The minimum Gasteiger partial charge on any atom is -0.477 e. The lowest BCUT2D eigenvalue weighted by molar-refractivity contribution is 0.0690. The van der Waals surface area contributed by atoms with Gasteiger partial charge in [0.2, 0.25) is 0 Å². The van der Waals surface area contributed by atoms with E-state index < -0.39 is 5.97 Å². The highest BCUT2D eigenvalue weighted by Gasteiger charge is 2.11. The second-order valence-electron chi connectivity index (χ2n) is 4.21. The van der Waals surface area contributed by atoms with E-state index in [0.717, 1.165) is 0 Å². The van der Waals surface area contributed by atoms with Crippen molar-refractivity contribution in [3.05, 3.63) is 53.3 Å². The third-order valence-corrected chi connectivity index (χ3v) is 2.86. The second-order valence-corrected chi connectivity index (χ2v) is 4.21. The molecule has 0 radical (unpaired) electrons. The Morgan fingerprint density at radius 3 is 2.60 bits per heavy atom. The Hall–Kier alpha value is -2.89. The number of nitrogens with zero attached hydrogens (tertiary/aromatic N) is 1. The summed E-state index contributed by atoms with van der Waals surface area (Å²) in [6, 6.07) is 7.89. The number of benzene rings is 1. The Bertz CT molecular complexity index is 666. The number of amides is 1. The van der Waals surface area contributed by atoms with Crippen LogP contribution in [-0.4, -0.2) is 22.0 Å². The van der Waals surface area contributed by atoms with Gasteiger partial charge < -0.3 is 16.2 Å². The molecule has 4 N–H and O–H groups in total. The van der Waals surface area contributed by atoms with Crippen LogP contribution in [0.3, 0.4) is 0 Å². The number of nitrogen functional groups attached to an aromatic ring is 1. The molecule has 0 bridgehead atoms. The molecule has 0 atom stereocenters. The number of aromatic nitrogens is 1. The van der Waals surface area contributed by atoms with Crippen LogP contribution >= 0.6 is 0 Å². The van der Waals surface area contributed by atoms with Gasteiger partial charge in [-0.2, -0.15) is 0 Å². The molecule has 6 nitrogen and oxygen atoms in total. The van der Waals surface area contributed by atoms with Gasteiger partial charge in [0.25, 0.3) is 5.91 Å². The minimum atomic E-state index is -1.12. The predicted octanol–water partition coefficient (Wildman–Crippen LogP) is 1.92. The highest BCUT2D eigenvalue weighted by atomic mass is 16.4. The van der Waals surface area contributed by atoms with Gasteiger partial charge in [-0.05, 0) is 36.8 Å². The molecule has 1 aromatic carbocycles. The Labute approximate surface area is 115 Å². The number of pyridine rings is 1. The summed E-state index contributed by atoms with van der Waals surface area (Å²) in [4.78, 5) is 26.5. The van der Waals surface area contributed by atoms with Gasteiger partial charge in [-0.1, -0.05) is 6.07 Å². The first-order valence-electron chi connectivity index (χ1n) is 5.85. The molecule has 1 aromatic heterocycles. The van der Waals surface area contributed by atoms with Gasteiger partial charge in [0.15, 0.2) is 0 Å². The maximum absolute atomic E-state index is 12.1. The molecular formula is C14H13N3O3. The van der Waals surface area contributed by atoms with Gasteiger partial charge in [-0.3, -0.25) is 4.79 Å². The van der Waals surface area contributed by atoms with E-state index in [1.807, 2.05) is 0 Å². The van der Waals surface area contributed by atoms with E-state index in [-0.39, 0.29) is 11.6 Å². The fraction of sp³-hybridized carbons (Fsp3) is 0.0714. The number of rotatable bonds is 3. The van der Waals surface area contributed by atoms with Gasteiger partial charge in [0, 0.05) is 11.3 Å². The van der Waals surface area contributed by atoms with Crippen molar-refractivity contribution in [3.8, 4) is 0 Å². The number of hydrogen-bond donors (Lipinski definition) is 3. The normalized spacial score (nSPS) is 10.1. The van der Waals surface area contributed by atoms with Crippen molar-refractivity contribution < 1.29 is 14.7 Å². The van der Waals surface area contributed by atoms with E-state index in [0.29, 0.717) is 22.5 Å². The minimum absolute atomic E-state index is 0.0804. The van der Waals surface area contributed by atoms with Gasteiger partial charge in [-0.15, -0.1) is 0 Å². The number of carbonyl (C=O) groups is 2. The molecule has 0 aliphatic heterocycles. The fourth-order valence-electron chi connectivity index (χ4n) is 1.69. The number of nitrogens with one attached hydrogen (secondary N) is 1. The number of aromatic carboxylic acids is 1. The number of nitrogens with two attached hydrogens (primary N) is 1. The monoisotopic (exact) mass is 271 g/mol. The first kappa shape index (κ1) is 13.5. The van der Waals surface area contributed by atoms with Crippen LogP contribution in [0.2, 0.25) is 0 Å². The van der Waals surface area contributed by atoms with Crippen LogP contribution in [0.5, 0.6) is 0 Å². The number of carboxylic acid groups (broad SMARTS) is 1. The van der Waals surface area contributed by atoms with Crippen LogP contribution in [0.1, 0.15) is 26.4 Å². The number of carbonyl (C=O) groups excluding carboxylic acids is 1. The van der Waals surface area contributed by atoms with E-state index in [9.17, 15) is 9.59 Å². The first-order chi connectivity index (χ1) is 9.49. The van der Waals surface area contributed by atoms with Crippen LogP contribution in [0.25, 0.3) is 0 Å². The summed E-state index contributed by atoms with van der Waals surface area (Å²) in [5.41, 5.74) is 7.78. The molecule has 2 rings (SSSR count). The first-order valence-corrected chi connectivity index (χ1v) is 5.85. The molecule has 0 aliphatic carbocycles. The second kappa shape index (κ2) is 5.40. The lowest BCUT2D eigenvalue weighted by atomic mass is 10.1. The molecule has 0 fully saturated rings. The Morgan fingerprint density at radius 2 is 2.00 bits per heavy atom. The quantitative estimate of drug-likeness (QED) is 0.739. The Kier molecular flexibility index (Phi) is 3.65. The maximum atomic E-state index is 12.1. The van der Waals surface area contributed by atoms with Crippen LogP contribution in [0.4, 0.5) is 11.4 Å². The molecule has 0 saturated heterocycles. The third-order valence-electron chi connectivity index (χ3n) is 2.86. The zero-order chi connectivity index (χ0) is 14.7. The summed E-state index contributed by atoms with van der Waals surface area (Å²) >= 11 is 0. The number of hydrogen-bond acceptors (Lipinski definition) is 4. The van der Waals surface area contributed by atoms with E-state index in [4.69, 9.17) is 10.8 Å². The van der Waals surface area contributed by atoms with Crippen LogP contribution in [0.15, 0.2) is 36.5 Å². The van der Waals surface area contributed by atoms with Crippen LogP contribution < -0.4 is 11.1 Å². The van der Waals surface area contributed by atoms with E-state index in [2.05, 4.69) is 10.3 Å². The average Bonchev–Trinajstić information content (AvgIpc) is 2.42. The number of anilines is 2. The summed E-state index contributed by atoms with van der Waals surface area (Å²) in [6.45, 7) is 1.76. The van der Waals surface area contributed by atoms with Crippen molar-refractivity contribution in [2.24, 2.45) is 0 Å². The Balaban J connectivity index is 2.19. The lowest BCUT2D eigenvalue weighted by Crippen LogP contribution is -2.14. The van der Waals surface area contributed by atoms with Crippen LogP contribution in [0, 0.1) is 6.92 Å². The Morgan fingerprint density at radius 1 is 1.25 bits per heavy atom. The molecule has 20 heavy (non-hydrogen) atoms. The van der Waals surface area contributed by atoms with Crippen molar-refractivity contribution in [2.45, 2.75) is 6.92 Å². The van der Waals surface area contributed by atoms with E-state index in [1.165, 1.54) is 18.3 Å². The molecule has 0 spiro atoms. The number of carboxylic acids is 1. The molecule has 1 heterocycles. The lowest BCUT2D eigenvalue weighted by Gasteiger charge is -2.09. The highest BCUT2D eigenvalue weighted by molar-refractivity contribution is 6.06. The van der Waals surface area contributed by atoms with Crippen LogP contribution in [-0.2, 0) is 0 Å². The smallest absolute Gasteiger partial charge is 0.354 e. The zero-order valence-electron chi connectivity index (χ0n) is 10.8. The molecule has 2 aromatic rings. The summed E-state index contributed by atoms with van der Waals surface area (Å²) in [7, 11) is 0. The summed E-state index contributed by atoms with van der Waals surface area (Å²) in [6.07, 6.45) is 1.29. The molecule has 0 unspecified atom stereocenters. The standard InChI is InChI=1S/C14H13N3O3/c1-8-10(3-2-4-11(8)15)13(18)17-9-5-6-12(14(19)20)16-7-9/h2-7H,15H2,1H3,(H,17,18)(H,19,20). The van der Waals surface area contributed by atoms with Gasteiger partial charge in [-0.25, -0.2) is 9.78 Å². The predicted molar refractivity (Wildman–Crippen MR) is 74.7 cm³/mol. The van der Waals surface area contributed by atoms with Gasteiger partial charge >= 0.3 is 5.97 Å². The summed E-state index contributed by atoms with van der Waals surface area (Å²) in [5, 5.41) is 11.4. The summed E-state index contributed by atoms with van der Waals surface area (Å²) < 4.78 is 0.